The average molecular weight is 696 g/mol. The van der Waals surface area contributed by atoms with Crippen molar-refractivity contribution in [3.8, 4) is 22.1 Å². The van der Waals surface area contributed by atoms with Gasteiger partial charge in [0.25, 0.3) is 5.91 Å². The van der Waals surface area contributed by atoms with Gasteiger partial charge in [0.15, 0.2) is 18.2 Å². The lowest BCUT2D eigenvalue weighted by Crippen LogP contribution is -2.50. The van der Waals surface area contributed by atoms with Crippen molar-refractivity contribution in [3.63, 3.8) is 0 Å². The van der Waals surface area contributed by atoms with Crippen LogP contribution in [0, 0.1) is 0 Å². The molecule has 0 spiro atoms. The Morgan fingerprint density at radius 2 is 1.81 bits per heavy atom. The van der Waals surface area contributed by atoms with E-state index >= 15 is 0 Å². The highest BCUT2D eigenvalue weighted by atomic mass is 32.1. The number of amides is 1. The number of nitrogens with zero attached hydrogens (tertiary/aromatic N) is 7. The predicted octanol–water partition coefficient (Wildman–Crippen LogP) is 1.16. The average Bonchev–Trinajstić information content (AvgIpc) is 3.85. The summed E-state index contributed by atoms with van der Waals surface area (Å²) in [6.45, 7) is 1.07. The Labute approximate surface area is 273 Å². The van der Waals surface area contributed by atoms with Gasteiger partial charge in [0.2, 0.25) is 0 Å². The van der Waals surface area contributed by atoms with Crippen LogP contribution in [0.5, 0.6) is 0 Å². The zero-order valence-corrected chi connectivity index (χ0v) is 27.2. The number of thiazole rings is 1. The smallest absolute Gasteiger partial charge is 0.394 e. The molecule has 0 aromatic carbocycles. The van der Waals surface area contributed by atoms with Crippen molar-refractivity contribution in [2.45, 2.75) is 57.0 Å². The minimum atomic E-state index is -4.62. The summed E-state index contributed by atoms with van der Waals surface area (Å²) in [7, 11) is -4.62. The monoisotopic (exact) mass is 695 g/mol. The molecule has 0 bridgehead atoms. The lowest BCUT2D eigenvalue weighted by atomic mass is 9.93. The quantitative estimate of drug-likeness (QED) is 0.0968. The summed E-state index contributed by atoms with van der Waals surface area (Å²) in [6, 6.07) is 1.89. The van der Waals surface area contributed by atoms with Crippen LogP contribution in [0.2, 0.25) is 0 Å². The number of aliphatic hydroxyl groups is 3. The minimum Gasteiger partial charge on any atom is -0.394 e. The second kappa shape index (κ2) is 16.6. The number of ether oxygens (including phenoxy) is 1. The fraction of sp³-hybridized carbons (Fsp3) is 0.481. The molecule has 4 aromatic rings. The third kappa shape index (κ3) is 10.2. The van der Waals surface area contributed by atoms with Crippen LogP contribution in [0.4, 0.5) is 5.69 Å². The summed E-state index contributed by atoms with van der Waals surface area (Å²) >= 11 is 1.23. The number of hydrogen-bond donors (Lipinski definition) is 7. The number of carbonyl (C=O) groups is 1. The molecule has 5 rings (SSSR count). The Morgan fingerprint density at radius 1 is 1.13 bits per heavy atom. The van der Waals surface area contributed by atoms with E-state index in [9.17, 15) is 9.36 Å². The molecule has 47 heavy (non-hydrogen) atoms. The maximum Gasteiger partial charge on any atom is 0.471 e. The van der Waals surface area contributed by atoms with Crippen molar-refractivity contribution in [2.24, 2.45) is 5.73 Å². The molecular weight excluding hydrogens is 657 g/mol. The molecule has 1 amide bonds. The first kappa shape index (κ1) is 36.3. The SMILES string of the molecule is CCO[C@H]1CC[C@H](n2cc(NC(=O)c3csc(-c4cnn(COP(=O)(O)O)c4)n3)c(-c3ncccn3)n2)CC1.NC(CO)(CO)CO. The molecule has 1 saturated carbocycles. The molecule has 4 aromatic heterocycles. The fourth-order valence-electron chi connectivity index (χ4n) is 4.49. The van der Waals surface area contributed by atoms with Crippen LogP contribution in [-0.2, 0) is 20.6 Å². The molecule has 20 heteroatoms. The highest BCUT2D eigenvalue weighted by Crippen LogP contribution is 2.36. The highest BCUT2D eigenvalue weighted by molar-refractivity contribution is 7.46. The van der Waals surface area contributed by atoms with Gasteiger partial charge in [-0.1, -0.05) is 0 Å². The third-order valence-electron chi connectivity index (χ3n) is 7.10. The Morgan fingerprint density at radius 3 is 2.40 bits per heavy atom. The molecule has 18 nitrogen and oxygen atoms in total. The van der Waals surface area contributed by atoms with E-state index in [0.717, 1.165) is 25.7 Å². The number of aromatic nitrogens is 7. The number of rotatable bonds is 13. The van der Waals surface area contributed by atoms with Gasteiger partial charge in [0.05, 0.1) is 49.4 Å². The van der Waals surface area contributed by atoms with E-state index in [4.69, 9.17) is 40.7 Å². The van der Waals surface area contributed by atoms with Crippen molar-refractivity contribution in [1.29, 1.82) is 0 Å². The Hall–Kier alpha value is -3.49. The van der Waals surface area contributed by atoms with Crippen LogP contribution in [0.1, 0.15) is 49.1 Å². The second-order valence-corrected chi connectivity index (χ2v) is 12.8. The first-order valence-corrected chi connectivity index (χ1v) is 17.0. The zero-order chi connectivity index (χ0) is 34.0. The van der Waals surface area contributed by atoms with E-state index < -0.39 is 45.8 Å². The molecule has 0 unspecified atom stereocenters. The van der Waals surface area contributed by atoms with Gasteiger partial charge in [-0.15, -0.1) is 11.3 Å². The van der Waals surface area contributed by atoms with Gasteiger partial charge in [-0.3, -0.25) is 14.0 Å². The van der Waals surface area contributed by atoms with E-state index in [2.05, 4.69) is 29.9 Å². The number of carbonyl (C=O) groups excluding carboxylic acids is 1. The lowest BCUT2D eigenvalue weighted by Gasteiger charge is -2.28. The molecule has 4 heterocycles. The molecule has 0 radical (unpaired) electrons. The van der Waals surface area contributed by atoms with Gasteiger partial charge in [-0.2, -0.15) is 10.2 Å². The zero-order valence-electron chi connectivity index (χ0n) is 25.5. The van der Waals surface area contributed by atoms with Crippen LogP contribution < -0.4 is 11.1 Å². The van der Waals surface area contributed by atoms with Gasteiger partial charge in [-0.05, 0) is 38.7 Å². The van der Waals surface area contributed by atoms with Crippen LogP contribution >= 0.6 is 19.2 Å². The fourth-order valence-corrected chi connectivity index (χ4v) is 5.54. The minimum absolute atomic E-state index is 0.173. The van der Waals surface area contributed by atoms with E-state index in [1.807, 2.05) is 17.8 Å². The summed E-state index contributed by atoms with van der Waals surface area (Å²) in [4.78, 5) is 43.9. The van der Waals surface area contributed by atoms with Crippen molar-refractivity contribution < 1.29 is 43.7 Å². The normalized spacial score (nSPS) is 16.8. The Bertz CT molecular complexity index is 1610. The standard InChI is InChI=1S/C23H27N8O6PS.C4H11NO3/c1-2-36-17-6-4-16(5-7-17)31-12-18(20(29-31)21-24-8-3-9-25-21)27-22(32)19-13-39-23(28-19)15-10-26-30(11-15)14-37-38(33,34)35;5-4(1-6,2-7)3-8/h3,8-13,16-17H,2,4-7,14H2,1H3,(H,27,32)(H2,33,34,35);6-8H,1-3,5H2/t16-,17-;. The molecule has 1 aliphatic carbocycles. The Kier molecular flexibility index (Phi) is 12.8. The summed E-state index contributed by atoms with van der Waals surface area (Å²) < 4.78 is 24.2. The van der Waals surface area contributed by atoms with Gasteiger partial charge in [0, 0.05) is 42.3 Å². The number of aliphatic hydroxyl groups excluding tert-OH is 3. The van der Waals surface area contributed by atoms with E-state index in [1.165, 1.54) is 28.4 Å². The first-order chi connectivity index (χ1) is 22.5. The molecule has 256 valence electrons. The van der Waals surface area contributed by atoms with E-state index in [0.29, 0.717) is 34.4 Å². The van der Waals surface area contributed by atoms with Crippen molar-refractivity contribution in [3.05, 3.63) is 48.1 Å². The molecule has 1 fully saturated rings. The predicted molar refractivity (Wildman–Crippen MR) is 169 cm³/mol. The summed E-state index contributed by atoms with van der Waals surface area (Å²) in [5, 5.41) is 38.8. The highest BCUT2D eigenvalue weighted by Gasteiger charge is 2.26. The second-order valence-electron chi connectivity index (χ2n) is 10.7. The van der Waals surface area contributed by atoms with Crippen LogP contribution in [0.25, 0.3) is 22.1 Å². The Balaban J connectivity index is 0.000000555. The summed E-state index contributed by atoms with van der Waals surface area (Å²) in [5.41, 5.74) is 5.65. The lowest BCUT2D eigenvalue weighted by molar-refractivity contribution is 0.0260. The van der Waals surface area contributed by atoms with Crippen molar-refractivity contribution in [1.82, 2.24) is 34.5 Å². The van der Waals surface area contributed by atoms with Crippen LogP contribution in [0.15, 0.2) is 42.4 Å². The summed E-state index contributed by atoms with van der Waals surface area (Å²) in [6.07, 6.45) is 12.0. The number of anilines is 1. The largest absolute Gasteiger partial charge is 0.471 e. The number of phosphoric ester groups is 1. The molecule has 0 aliphatic heterocycles. The third-order valence-corrected chi connectivity index (χ3v) is 8.44. The van der Waals surface area contributed by atoms with Gasteiger partial charge >= 0.3 is 7.82 Å². The van der Waals surface area contributed by atoms with Crippen molar-refractivity contribution >= 4 is 30.8 Å². The molecular formula is C27H38N9O9PS. The number of nitrogens with one attached hydrogen (secondary N) is 1. The van der Waals surface area contributed by atoms with Crippen molar-refractivity contribution in [2.75, 3.05) is 31.7 Å². The molecule has 0 saturated heterocycles. The molecule has 1 aliphatic rings. The van der Waals surface area contributed by atoms with Gasteiger partial charge in [0.1, 0.15) is 10.7 Å². The maximum absolute atomic E-state index is 13.2. The molecule has 0 atom stereocenters. The number of phosphoric acid groups is 1. The summed E-state index contributed by atoms with van der Waals surface area (Å²) in [5.74, 6) is -0.0232. The number of hydrogen-bond acceptors (Lipinski definition) is 14. The van der Waals surface area contributed by atoms with Gasteiger partial charge in [-0.25, -0.2) is 24.2 Å². The maximum atomic E-state index is 13.2. The van der Waals surface area contributed by atoms with E-state index in [1.54, 1.807) is 23.8 Å². The van der Waals surface area contributed by atoms with Crippen LogP contribution in [0.3, 0.4) is 0 Å². The van der Waals surface area contributed by atoms with Gasteiger partial charge < -0.3 is 40.9 Å². The first-order valence-electron chi connectivity index (χ1n) is 14.6. The number of nitrogens with two attached hydrogens (primary N) is 1. The van der Waals surface area contributed by atoms with E-state index in [-0.39, 0.29) is 17.8 Å². The molecule has 8 N–H and O–H groups in total. The topological polar surface area (TPSA) is 266 Å². The van der Waals surface area contributed by atoms with Crippen LogP contribution in [-0.4, -0.2) is 104 Å².